The van der Waals surface area contributed by atoms with E-state index in [0.29, 0.717) is 42.8 Å². The van der Waals surface area contributed by atoms with Crippen LogP contribution in [0.4, 0.5) is 13.2 Å². The molecule has 0 spiro atoms. The van der Waals surface area contributed by atoms with Crippen molar-refractivity contribution >= 4 is 11.8 Å². The van der Waals surface area contributed by atoms with Crippen molar-refractivity contribution in [1.82, 2.24) is 15.2 Å². The standard InChI is InChI=1S/C26H24F3N3O2/c1-16-6-7-22(25(33)30-15-18-4-2-3-5-23(18)29)24(31-16)17-8-10-32(11-9-17)26(34)19-12-20(27)14-21(28)13-19/h2-7,12-14,17H,8-11,15H2,1H3,(H,30,33). The fourth-order valence-corrected chi connectivity index (χ4v) is 4.21. The minimum Gasteiger partial charge on any atom is -0.348 e. The number of carbonyl (C=O) groups excluding carboxylic acids is 2. The zero-order valence-corrected chi connectivity index (χ0v) is 18.7. The molecule has 2 aromatic carbocycles. The van der Waals surface area contributed by atoms with Crippen LogP contribution < -0.4 is 5.32 Å². The number of benzene rings is 2. The molecule has 34 heavy (non-hydrogen) atoms. The number of carbonyl (C=O) groups is 2. The van der Waals surface area contributed by atoms with Crippen LogP contribution >= 0.6 is 0 Å². The maximum atomic E-state index is 13.9. The van der Waals surface area contributed by atoms with Crippen LogP contribution in [0, 0.1) is 24.4 Å². The Morgan fingerprint density at radius 2 is 1.68 bits per heavy atom. The quantitative estimate of drug-likeness (QED) is 0.589. The largest absolute Gasteiger partial charge is 0.348 e. The Morgan fingerprint density at radius 3 is 2.35 bits per heavy atom. The molecule has 0 radical (unpaired) electrons. The van der Waals surface area contributed by atoms with Crippen LogP contribution in [0.1, 0.15) is 56.4 Å². The first-order valence-corrected chi connectivity index (χ1v) is 11.1. The first-order chi connectivity index (χ1) is 16.3. The van der Waals surface area contributed by atoms with Gasteiger partial charge in [0.2, 0.25) is 0 Å². The molecule has 2 heterocycles. The van der Waals surface area contributed by atoms with E-state index in [1.807, 2.05) is 6.92 Å². The van der Waals surface area contributed by atoms with E-state index < -0.39 is 17.5 Å². The number of nitrogens with zero attached hydrogens (tertiary/aromatic N) is 2. The number of nitrogens with one attached hydrogen (secondary N) is 1. The van der Waals surface area contributed by atoms with Crippen LogP contribution in [0.15, 0.2) is 54.6 Å². The Hall–Kier alpha value is -3.68. The molecule has 1 aromatic heterocycles. The SMILES string of the molecule is Cc1ccc(C(=O)NCc2ccccc2F)c(C2CCN(C(=O)c3cc(F)cc(F)c3)CC2)n1. The maximum Gasteiger partial charge on any atom is 0.254 e. The van der Waals surface area contributed by atoms with E-state index in [1.165, 1.54) is 6.07 Å². The van der Waals surface area contributed by atoms with Crippen LogP contribution in [-0.2, 0) is 6.54 Å². The second kappa shape index (κ2) is 10.1. The van der Waals surface area contributed by atoms with Gasteiger partial charge in [-0.3, -0.25) is 14.6 Å². The summed E-state index contributed by atoms with van der Waals surface area (Å²) in [7, 11) is 0. The average molecular weight is 467 g/mol. The smallest absolute Gasteiger partial charge is 0.254 e. The van der Waals surface area contributed by atoms with Crippen LogP contribution in [0.25, 0.3) is 0 Å². The lowest BCUT2D eigenvalue weighted by Gasteiger charge is -2.32. The highest BCUT2D eigenvalue weighted by Crippen LogP contribution is 2.30. The number of amides is 2. The van der Waals surface area contributed by atoms with E-state index >= 15 is 0 Å². The third kappa shape index (κ3) is 5.27. The number of pyridine rings is 1. The molecular weight excluding hydrogens is 443 g/mol. The van der Waals surface area contributed by atoms with Gasteiger partial charge in [0.05, 0.1) is 11.3 Å². The summed E-state index contributed by atoms with van der Waals surface area (Å²) in [6.45, 7) is 2.62. The molecule has 1 fully saturated rings. The van der Waals surface area contributed by atoms with Crippen molar-refractivity contribution < 1.29 is 22.8 Å². The Bertz CT molecular complexity index is 1200. The lowest BCUT2D eigenvalue weighted by Crippen LogP contribution is -2.38. The number of rotatable bonds is 5. The summed E-state index contributed by atoms with van der Waals surface area (Å²) in [5.74, 6) is -2.83. The van der Waals surface area contributed by atoms with E-state index in [1.54, 1.807) is 35.2 Å². The minimum absolute atomic E-state index is 0.0298. The minimum atomic E-state index is -0.798. The molecule has 176 valence electrons. The van der Waals surface area contributed by atoms with Gasteiger partial charge in [-0.1, -0.05) is 18.2 Å². The second-order valence-electron chi connectivity index (χ2n) is 8.38. The number of likely N-dealkylation sites (tertiary alicyclic amines) is 1. The molecule has 2 amide bonds. The number of halogens is 3. The number of aromatic nitrogens is 1. The topological polar surface area (TPSA) is 62.3 Å². The molecule has 1 aliphatic heterocycles. The normalized spacial score (nSPS) is 14.2. The molecular formula is C26H24F3N3O2. The van der Waals surface area contributed by atoms with Crippen molar-refractivity contribution in [2.24, 2.45) is 0 Å². The zero-order chi connectivity index (χ0) is 24.2. The monoisotopic (exact) mass is 467 g/mol. The van der Waals surface area contributed by atoms with Gasteiger partial charge in [-0.15, -0.1) is 0 Å². The number of aryl methyl sites for hydroxylation is 1. The molecule has 0 saturated carbocycles. The molecule has 0 bridgehead atoms. The third-order valence-corrected chi connectivity index (χ3v) is 5.98. The highest BCUT2D eigenvalue weighted by Gasteiger charge is 2.28. The summed E-state index contributed by atoms with van der Waals surface area (Å²) in [5, 5.41) is 2.76. The van der Waals surface area contributed by atoms with Gasteiger partial charge in [-0.2, -0.15) is 0 Å². The first kappa shape index (κ1) is 23.5. The molecule has 1 saturated heterocycles. The molecule has 0 atom stereocenters. The second-order valence-corrected chi connectivity index (χ2v) is 8.38. The number of hydrogen-bond donors (Lipinski definition) is 1. The summed E-state index contributed by atoms with van der Waals surface area (Å²) in [6, 6.07) is 12.5. The molecule has 4 rings (SSSR count). The Balaban J connectivity index is 1.45. The van der Waals surface area contributed by atoms with Gasteiger partial charge in [0, 0.05) is 48.4 Å². The summed E-state index contributed by atoms with van der Waals surface area (Å²) in [4.78, 5) is 31.8. The molecule has 3 aromatic rings. The third-order valence-electron chi connectivity index (χ3n) is 5.98. The first-order valence-electron chi connectivity index (χ1n) is 11.1. The molecule has 1 N–H and O–H groups in total. The predicted octanol–water partition coefficient (Wildman–Crippen LogP) is 4.76. The molecule has 0 aliphatic carbocycles. The van der Waals surface area contributed by atoms with Crippen LogP contribution in [-0.4, -0.2) is 34.8 Å². The Labute approximate surface area is 195 Å². The van der Waals surface area contributed by atoms with Gasteiger partial charge in [-0.05, 0) is 50.1 Å². The highest BCUT2D eigenvalue weighted by molar-refractivity contribution is 5.96. The van der Waals surface area contributed by atoms with E-state index in [4.69, 9.17) is 0 Å². The van der Waals surface area contributed by atoms with Crippen molar-refractivity contribution in [3.63, 3.8) is 0 Å². The maximum absolute atomic E-state index is 13.9. The summed E-state index contributed by atoms with van der Waals surface area (Å²) in [5.41, 5.74) is 2.17. The van der Waals surface area contributed by atoms with Crippen LogP contribution in [0.5, 0.6) is 0 Å². The summed E-state index contributed by atoms with van der Waals surface area (Å²) >= 11 is 0. The Kier molecular flexibility index (Phi) is 6.95. The van der Waals surface area contributed by atoms with Gasteiger partial charge in [-0.25, -0.2) is 13.2 Å². The van der Waals surface area contributed by atoms with Gasteiger partial charge in [0.15, 0.2) is 0 Å². The zero-order valence-electron chi connectivity index (χ0n) is 18.7. The number of piperidine rings is 1. The summed E-state index contributed by atoms with van der Waals surface area (Å²) < 4.78 is 40.9. The van der Waals surface area contributed by atoms with Gasteiger partial charge < -0.3 is 10.2 Å². The lowest BCUT2D eigenvalue weighted by molar-refractivity contribution is 0.0709. The number of hydrogen-bond acceptors (Lipinski definition) is 3. The van der Waals surface area contributed by atoms with Gasteiger partial charge in [0.1, 0.15) is 17.5 Å². The van der Waals surface area contributed by atoms with Gasteiger partial charge >= 0.3 is 0 Å². The van der Waals surface area contributed by atoms with Crippen molar-refractivity contribution in [2.45, 2.75) is 32.2 Å². The molecule has 0 unspecified atom stereocenters. The summed E-state index contributed by atoms with van der Waals surface area (Å²) in [6.07, 6.45) is 1.10. The van der Waals surface area contributed by atoms with Crippen molar-refractivity contribution in [3.8, 4) is 0 Å². The lowest BCUT2D eigenvalue weighted by atomic mass is 9.89. The fourth-order valence-electron chi connectivity index (χ4n) is 4.21. The average Bonchev–Trinajstić information content (AvgIpc) is 2.82. The van der Waals surface area contributed by atoms with Crippen LogP contribution in [0.3, 0.4) is 0 Å². The molecule has 1 aliphatic rings. The van der Waals surface area contributed by atoms with Crippen molar-refractivity contribution in [3.05, 3.63) is 100 Å². The van der Waals surface area contributed by atoms with Crippen molar-refractivity contribution in [2.75, 3.05) is 13.1 Å². The fraction of sp³-hybridized carbons (Fsp3) is 0.269. The van der Waals surface area contributed by atoms with E-state index in [2.05, 4.69) is 10.3 Å². The molecule has 5 nitrogen and oxygen atoms in total. The Morgan fingerprint density at radius 1 is 1.00 bits per heavy atom. The van der Waals surface area contributed by atoms with Crippen LogP contribution in [0.2, 0.25) is 0 Å². The highest BCUT2D eigenvalue weighted by atomic mass is 19.1. The van der Waals surface area contributed by atoms with E-state index in [-0.39, 0.29) is 29.8 Å². The van der Waals surface area contributed by atoms with Crippen molar-refractivity contribution in [1.29, 1.82) is 0 Å². The van der Waals surface area contributed by atoms with Gasteiger partial charge in [0.25, 0.3) is 11.8 Å². The van der Waals surface area contributed by atoms with E-state index in [0.717, 1.165) is 23.9 Å². The predicted molar refractivity (Wildman–Crippen MR) is 121 cm³/mol. The van der Waals surface area contributed by atoms with E-state index in [9.17, 15) is 22.8 Å². The molecule has 8 heteroatoms.